The van der Waals surface area contributed by atoms with Crippen LogP contribution in [0.3, 0.4) is 0 Å². The van der Waals surface area contributed by atoms with Gasteiger partial charge >= 0.3 is 23.9 Å². The van der Waals surface area contributed by atoms with Gasteiger partial charge in [0.05, 0.1) is 0 Å². The van der Waals surface area contributed by atoms with Crippen LogP contribution in [0.25, 0.3) is 0 Å². The maximum atomic E-state index is 10.1. The van der Waals surface area contributed by atoms with Crippen LogP contribution >= 0.6 is 0 Å². The summed E-state index contributed by atoms with van der Waals surface area (Å²) in [5.74, 6) is -4.37. The molecule has 0 amide bonds. The van der Waals surface area contributed by atoms with Crippen molar-refractivity contribution in [2.75, 3.05) is 0 Å². The maximum Gasteiger partial charge on any atom is 0.332 e. The third-order valence-electron chi connectivity index (χ3n) is 2.81. The Kier molecular flexibility index (Phi) is 14.4. The summed E-state index contributed by atoms with van der Waals surface area (Å²) in [5, 5.41) is 50.3. The van der Waals surface area contributed by atoms with E-state index in [1.807, 2.05) is 0 Å². The maximum absolute atomic E-state index is 10.1. The molecule has 0 spiro atoms. The van der Waals surface area contributed by atoms with E-state index >= 15 is 0 Å². The van der Waals surface area contributed by atoms with Crippen LogP contribution in [0, 0.1) is 0 Å². The quantitative estimate of drug-likeness (QED) is 0.264. The lowest BCUT2D eigenvalue weighted by Gasteiger charge is -2.03. The van der Waals surface area contributed by atoms with Gasteiger partial charge in [0.25, 0.3) is 0 Å². The van der Waals surface area contributed by atoms with Gasteiger partial charge in [-0.2, -0.15) is 0 Å². The Hall–Kier alpha value is -2.20. The van der Waals surface area contributed by atoms with Crippen LogP contribution in [-0.2, 0) is 19.2 Å². The molecular weight excluding hydrogens is 328 g/mol. The van der Waals surface area contributed by atoms with Crippen molar-refractivity contribution in [3.8, 4) is 0 Å². The minimum absolute atomic E-state index is 0.0123. The lowest BCUT2D eigenvalue weighted by atomic mass is 10.1. The predicted molar refractivity (Wildman–Crippen MR) is 79.5 cm³/mol. The molecule has 0 saturated carbocycles. The molecule has 10 heteroatoms. The van der Waals surface area contributed by atoms with Gasteiger partial charge in [-0.25, -0.2) is 9.59 Å². The number of hydrogen-bond donors (Lipinski definition) is 6. The lowest BCUT2D eigenvalue weighted by Crippen LogP contribution is -2.19. The fourth-order valence-corrected chi connectivity index (χ4v) is 1.48. The normalized spacial score (nSPS) is 12.4. The average molecular weight is 352 g/mol. The zero-order valence-corrected chi connectivity index (χ0v) is 13.1. The van der Waals surface area contributed by atoms with Crippen LogP contribution in [0.5, 0.6) is 0 Å². The van der Waals surface area contributed by atoms with E-state index < -0.39 is 36.1 Å². The number of aliphatic hydroxyl groups excluding tert-OH is 2. The molecule has 0 bridgehead atoms. The predicted octanol–water partition coefficient (Wildman–Crippen LogP) is 0.154. The highest BCUT2D eigenvalue weighted by atomic mass is 16.4. The zero-order chi connectivity index (χ0) is 19.1. The highest BCUT2D eigenvalue weighted by Crippen LogP contribution is 2.05. The number of hydrogen-bond acceptors (Lipinski definition) is 6. The Morgan fingerprint density at radius 2 is 0.958 bits per heavy atom. The minimum atomic E-state index is -1.44. The van der Waals surface area contributed by atoms with Gasteiger partial charge in [0.15, 0.2) is 12.2 Å². The Morgan fingerprint density at radius 3 is 1.33 bits per heavy atom. The molecule has 0 rings (SSSR count). The van der Waals surface area contributed by atoms with Gasteiger partial charge in [0.2, 0.25) is 0 Å². The Labute approximate surface area is 138 Å². The van der Waals surface area contributed by atoms with Gasteiger partial charge in [-0.05, 0) is 25.7 Å². The first kappa shape index (κ1) is 24.1. The first-order chi connectivity index (χ1) is 11.1. The Bertz CT molecular complexity index is 406. The molecule has 2 atom stereocenters. The van der Waals surface area contributed by atoms with E-state index in [9.17, 15) is 19.2 Å². The van der Waals surface area contributed by atoms with Crippen molar-refractivity contribution >= 4 is 23.9 Å². The first-order valence-corrected chi connectivity index (χ1v) is 7.33. The monoisotopic (exact) mass is 352 g/mol. The number of carboxylic acid groups (broad SMARTS) is 4. The average Bonchev–Trinajstić information content (AvgIpc) is 2.46. The van der Waals surface area contributed by atoms with E-state index in [0.29, 0.717) is 19.3 Å². The fraction of sp³-hybridized carbons (Fsp3) is 0.714. The van der Waals surface area contributed by atoms with Gasteiger partial charge < -0.3 is 30.6 Å². The molecule has 10 nitrogen and oxygen atoms in total. The summed E-state index contributed by atoms with van der Waals surface area (Å²) < 4.78 is 0. The fourth-order valence-electron chi connectivity index (χ4n) is 1.48. The molecule has 0 aromatic rings. The molecule has 0 aromatic heterocycles. The molecule has 0 aliphatic heterocycles. The summed E-state index contributed by atoms with van der Waals surface area (Å²) in [6.45, 7) is 0. The third-order valence-corrected chi connectivity index (χ3v) is 2.81. The summed E-state index contributed by atoms with van der Waals surface area (Å²) in [6.07, 6.45) is -0.689. The summed E-state index contributed by atoms with van der Waals surface area (Å²) in [4.78, 5) is 40.1. The smallest absolute Gasteiger partial charge is 0.332 e. The van der Waals surface area contributed by atoms with E-state index in [1.54, 1.807) is 0 Å². The topological polar surface area (TPSA) is 190 Å². The minimum Gasteiger partial charge on any atom is -0.481 e. The second-order valence-corrected chi connectivity index (χ2v) is 4.99. The Morgan fingerprint density at radius 1 is 0.583 bits per heavy atom. The molecule has 6 N–H and O–H groups in total. The highest BCUT2D eigenvalue weighted by Gasteiger charge is 2.12. The third kappa shape index (κ3) is 17.9. The summed E-state index contributed by atoms with van der Waals surface area (Å²) >= 11 is 0. The van der Waals surface area contributed by atoms with Gasteiger partial charge in [-0.1, -0.05) is 12.8 Å². The molecule has 0 heterocycles. The second kappa shape index (κ2) is 14.4. The molecule has 0 fully saturated rings. The van der Waals surface area contributed by atoms with E-state index in [-0.39, 0.29) is 32.1 Å². The summed E-state index contributed by atoms with van der Waals surface area (Å²) in [5.41, 5.74) is 0. The molecule has 0 saturated heterocycles. The van der Waals surface area contributed by atoms with Crippen molar-refractivity contribution in [2.24, 2.45) is 0 Å². The van der Waals surface area contributed by atoms with E-state index in [0.717, 1.165) is 0 Å². The van der Waals surface area contributed by atoms with E-state index in [4.69, 9.17) is 30.6 Å². The van der Waals surface area contributed by atoms with Crippen molar-refractivity contribution in [3.05, 3.63) is 0 Å². The zero-order valence-electron chi connectivity index (χ0n) is 13.1. The molecule has 0 aromatic carbocycles. The van der Waals surface area contributed by atoms with Gasteiger partial charge in [0, 0.05) is 12.8 Å². The number of carboxylic acids is 4. The van der Waals surface area contributed by atoms with Crippen LogP contribution in [0.15, 0.2) is 0 Å². The molecule has 24 heavy (non-hydrogen) atoms. The standard InChI is InChI=1S/C8H14O5.C6H10O5/c9-6(8(12)13)4-2-1-3-5-7(10)11;7-4(6(10)11)2-1-3-5(8)9/h6,9H,1-5H2,(H,10,11)(H,12,13);4,7H,1-3H2,(H,8,9)(H,10,11). The second-order valence-electron chi connectivity index (χ2n) is 4.99. The number of aliphatic hydroxyl groups is 2. The molecular formula is C14H24O10. The highest BCUT2D eigenvalue weighted by molar-refractivity contribution is 5.72. The van der Waals surface area contributed by atoms with Gasteiger partial charge in [-0.15, -0.1) is 0 Å². The Balaban J connectivity index is 0. The van der Waals surface area contributed by atoms with E-state index in [1.165, 1.54) is 0 Å². The van der Waals surface area contributed by atoms with Crippen LogP contribution in [0.1, 0.15) is 51.4 Å². The molecule has 2 unspecified atom stereocenters. The van der Waals surface area contributed by atoms with Crippen LogP contribution in [0.2, 0.25) is 0 Å². The van der Waals surface area contributed by atoms with Gasteiger partial charge in [0.1, 0.15) is 0 Å². The SMILES string of the molecule is O=C(O)CCCC(O)C(=O)O.O=C(O)CCCCCC(O)C(=O)O. The summed E-state index contributed by atoms with van der Waals surface area (Å²) in [7, 11) is 0. The van der Waals surface area contributed by atoms with Crippen molar-refractivity contribution in [1.82, 2.24) is 0 Å². The first-order valence-electron chi connectivity index (χ1n) is 7.33. The van der Waals surface area contributed by atoms with Crippen molar-refractivity contribution in [2.45, 2.75) is 63.6 Å². The van der Waals surface area contributed by atoms with Crippen molar-refractivity contribution in [1.29, 1.82) is 0 Å². The van der Waals surface area contributed by atoms with Gasteiger partial charge in [-0.3, -0.25) is 9.59 Å². The number of unbranched alkanes of at least 4 members (excludes halogenated alkanes) is 2. The number of carbonyl (C=O) groups is 4. The molecule has 140 valence electrons. The molecule has 0 radical (unpaired) electrons. The lowest BCUT2D eigenvalue weighted by molar-refractivity contribution is -0.148. The van der Waals surface area contributed by atoms with Crippen molar-refractivity contribution < 1.29 is 49.8 Å². The largest absolute Gasteiger partial charge is 0.481 e. The molecule has 0 aliphatic carbocycles. The van der Waals surface area contributed by atoms with Crippen LogP contribution in [0.4, 0.5) is 0 Å². The van der Waals surface area contributed by atoms with E-state index in [2.05, 4.69) is 0 Å². The van der Waals surface area contributed by atoms with Crippen LogP contribution < -0.4 is 0 Å². The number of rotatable bonds is 12. The van der Waals surface area contributed by atoms with Crippen molar-refractivity contribution in [3.63, 3.8) is 0 Å². The van der Waals surface area contributed by atoms with Crippen LogP contribution in [-0.4, -0.2) is 66.7 Å². The molecule has 0 aliphatic rings. The number of aliphatic carboxylic acids is 4. The summed E-state index contributed by atoms with van der Waals surface area (Å²) in [6, 6.07) is 0.